The molecule has 3 rings (SSSR count). The number of anilines is 1. The summed E-state index contributed by atoms with van der Waals surface area (Å²) in [5.41, 5.74) is -0.515. The normalized spacial score (nSPS) is 21.5. The van der Waals surface area contributed by atoms with Gasteiger partial charge in [-0.05, 0) is 44.2 Å². The minimum Gasteiger partial charge on any atom is -0.355 e. The van der Waals surface area contributed by atoms with E-state index in [1.807, 2.05) is 4.90 Å². The molecule has 0 saturated carbocycles. The predicted molar refractivity (Wildman–Crippen MR) is 80.3 cm³/mol. The first kappa shape index (κ1) is 17.3. The SMILES string of the molecule is Cl.FC(F)(F)c1cnc(N2CCC3(CCNCC3)CC2)cn1. The monoisotopic (exact) mass is 336 g/mol. The fourth-order valence-electron chi connectivity index (χ4n) is 3.30. The topological polar surface area (TPSA) is 41.1 Å². The molecule has 0 bridgehead atoms. The average molecular weight is 337 g/mol. The van der Waals surface area contributed by atoms with Gasteiger partial charge in [0.1, 0.15) is 5.82 Å². The number of rotatable bonds is 1. The highest BCUT2D eigenvalue weighted by Crippen LogP contribution is 2.40. The van der Waals surface area contributed by atoms with Gasteiger partial charge in [0.2, 0.25) is 0 Å². The Labute approximate surface area is 133 Å². The van der Waals surface area contributed by atoms with Gasteiger partial charge in [-0.1, -0.05) is 0 Å². The summed E-state index contributed by atoms with van der Waals surface area (Å²) in [5.74, 6) is 0.548. The van der Waals surface area contributed by atoms with E-state index in [0.29, 0.717) is 11.2 Å². The number of nitrogens with one attached hydrogen (secondary N) is 1. The Morgan fingerprint density at radius 2 is 1.64 bits per heavy atom. The summed E-state index contributed by atoms with van der Waals surface area (Å²) < 4.78 is 37.4. The molecule has 0 radical (unpaired) electrons. The molecule has 0 aromatic carbocycles. The van der Waals surface area contributed by atoms with E-state index in [9.17, 15) is 13.2 Å². The lowest BCUT2D eigenvalue weighted by Gasteiger charge is -2.44. The molecular formula is C14H20ClF3N4. The van der Waals surface area contributed by atoms with Crippen LogP contribution in [0.25, 0.3) is 0 Å². The van der Waals surface area contributed by atoms with E-state index in [2.05, 4.69) is 15.3 Å². The minimum absolute atomic E-state index is 0. The second-order valence-electron chi connectivity index (χ2n) is 5.99. The zero-order chi connectivity index (χ0) is 14.9. The smallest absolute Gasteiger partial charge is 0.355 e. The first-order chi connectivity index (χ1) is 9.99. The van der Waals surface area contributed by atoms with Crippen molar-refractivity contribution in [2.75, 3.05) is 31.1 Å². The Bertz CT molecular complexity index is 476. The molecule has 1 spiro atoms. The highest BCUT2D eigenvalue weighted by atomic mass is 35.5. The summed E-state index contributed by atoms with van der Waals surface area (Å²) >= 11 is 0. The lowest BCUT2D eigenvalue weighted by molar-refractivity contribution is -0.141. The van der Waals surface area contributed by atoms with Crippen molar-refractivity contribution in [3.8, 4) is 0 Å². The van der Waals surface area contributed by atoms with Crippen LogP contribution in [0.4, 0.5) is 19.0 Å². The Morgan fingerprint density at radius 1 is 1.00 bits per heavy atom. The van der Waals surface area contributed by atoms with Crippen molar-refractivity contribution in [1.29, 1.82) is 0 Å². The van der Waals surface area contributed by atoms with Gasteiger partial charge >= 0.3 is 6.18 Å². The molecule has 2 fully saturated rings. The van der Waals surface area contributed by atoms with E-state index in [1.165, 1.54) is 19.0 Å². The molecule has 0 unspecified atom stereocenters. The molecule has 1 N–H and O–H groups in total. The number of halogens is 4. The lowest BCUT2D eigenvalue weighted by Crippen LogP contribution is -2.45. The highest BCUT2D eigenvalue weighted by molar-refractivity contribution is 5.85. The highest BCUT2D eigenvalue weighted by Gasteiger charge is 2.36. The summed E-state index contributed by atoms with van der Waals surface area (Å²) in [7, 11) is 0. The summed E-state index contributed by atoms with van der Waals surface area (Å²) in [4.78, 5) is 9.47. The van der Waals surface area contributed by atoms with Crippen LogP contribution in [-0.4, -0.2) is 36.1 Å². The minimum atomic E-state index is -4.42. The van der Waals surface area contributed by atoms with Crippen molar-refractivity contribution in [3.05, 3.63) is 18.1 Å². The number of alkyl halides is 3. The lowest BCUT2D eigenvalue weighted by atomic mass is 9.71. The predicted octanol–water partition coefficient (Wildman–Crippen LogP) is 2.89. The van der Waals surface area contributed by atoms with Crippen LogP contribution in [0.2, 0.25) is 0 Å². The van der Waals surface area contributed by atoms with Crippen LogP contribution >= 0.6 is 12.4 Å². The molecule has 1 aromatic rings. The molecule has 8 heteroatoms. The van der Waals surface area contributed by atoms with Crippen LogP contribution in [-0.2, 0) is 6.18 Å². The van der Waals surface area contributed by atoms with Gasteiger partial charge in [0.15, 0.2) is 5.69 Å². The maximum Gasteiger partial charge on any atom is 0.434 e. The molecule has 124 valence electrons. The maximum absolute atomic E-state index is 12.5. The Morgan fingerprint density at radius 3 is 2.14 bits per heavy atom. The van der Waals surface area contributed by atoms with E-state index in [4.69, 9.17) is 0 Å². The quantitative estimate of drug-likeness (QED) is 0.856. The fourth-order valence-corrected chi connectivity index (χ4v) is 3.30. The molecule has 2 aliphatic rings. The van der Waals surface area contributed by atoms with E-state index in [-0.39, 0.29) is 12.4 Å². The van der Waals surface area contributed by atoms with Gasteiger partial charge in [0.25, 0.3) is 0 Å². The third kappa shape index (κ3) is 3.63. The van der Waals surface area contributed by atoms with Crippen molar-refractivity contribution in [2.24, 2.45) is 5.41 Å². The zero-order valence-electron chi connectivity index (χ0n) is 12.2. The van der Waals surface area contributed by atoms with E-state index in [0.717, 1.165) is 45.2 Å². The molecular weight excluding hydrogens is 317 g/mol. The summed E-state index contributed by atoms with van der Waals surface area (Å²) in [6.45, 7) is 3.83. The average Bonchev–Trinajstić information content (AvgIpc) is 2.48. The zero-order valence-corrected chi connectivity index (χ0v) is 13.0. The number of piperidine rings is 2. The maximum atomic E-state index is 12.5. The van der Waals surface area contributed by atoms with Gasteiger partial charge in [-0.2, -0.15) is 13.2 Å². The molecule has 0 amide bonds. The Kier molecular flexibility index (Phi) is 5.17. The van der Waals surface area contributed by atoms with Gasteiger partial charge < -0.3 is 10.2 Å². The summed E-state index contributed by atoms with van der Waals surface area (Å²) in [5, 5.41) is 3.38. The van der Waals surface area contributed by atoms with E-state index >= 15 is 0 Å². The van der Waals surface area contributed by atoms with Crippen molar-refractivity contribution >= 4 is 18.2 Å². The largest absolute Gasteiger partial charge is 0.434 e. The van der Waals surface area contributed by atoms with E-state index in [1.54, 1.807) is 0 Å². The van der Waals surface area contributed by atoms with Crippen LogP contribution in [0.5, 0.6) is 0 Å². The van der Waals surface area contributed by atoms with Crippen LogP contribution in [0.1, 0.15) is 31.4 Å². The second kappa shape index (κ2) is 6.58. The number of nitrogens with zero attached hydrogens (tertiary/aromatic N) is 3. The van der Waals surface area contributed by atoms with Crippen LogP contribution in [0.3, 0.4) is 0 Å². The van der Waals surface area contributed by atoms with Gasteiger partial charge in [-0.25, -0.2) is 9.97 Å². The molecule has 2 aliphatic heterocycles. The van der Waals surface area contributed by atoms with Crippen LogP contribution in [0, 0.1) is 5.41 Å². The first-order valence-corrected chi connectivity index (χ1v) is 7.34. The molecule has 0 atom stereocenters. The molecule has 3 heterocycles. The van der Waals surface area contributed by atoms with Gasteiger partial charge in [0.05, 0.1) is 12.4 Å². The molecule has 2 saturated heterocycles. The van der Waals surface area contributed by atoms with Gasteiger partial charge in [0, 0.05) is 13.1 Å². The van der Waals surface area contributed by atoms with Gasteiger partial charge in [-0.3, -0.25) is 0 Å². The van der Waals surface area contributed by atoms with Crippen molar-refractivity contribution in [3.63, 3.8) is 0 Å². The number of hydrogen-bond acceptors (Lipinski definition) is 4. The molecule has 1 aromatic heterocycles. The summed E-state index contributed by atoms with van der Waals surface area (Å²) in [6.07, 6.45) is 2.19. The third-order valence-corrected chi connectivity index (χ3v) is 4.74. The standard InChI is InChI=1S/C14H19F3N4.ClH/c15-14(16,17)11-9-20-12(10-19-11)21-7-3-13(4-8-21)1-5-18-6-2-13;/h9-10,18H,1-8H2;1H. The molecule has 4 nitrogen and oxygen atoms in total. The van der Waals surface area contributed by atoms with Gasteiger partial charge in [-0.15, -0.1) is 12.4 Å². The molecule has 0 aliphatic carbocycles. The van der Waals surface area contributed by atoms with Crippen molar-refractivity contribution in [1.82, 2.24) is 15.3 Å². The Balaban J connectivity index is 0.00000176. The first-order valence-electron chi connectivity index (χ1n) is 7.34. The number of aromatic nitrogens is 2. The Hall–Kier alpha value is -1.08. The van der Waals surface area contributed by atoms with Crippen molar-refractivity contribution in [2.45, 2.75) is 31.9 Å². The van der Waals surface area contributed by atoms with Crippen LogP contribution < -0.4 is 10.2 Å². The van der Waals surface area contributed by atoms with Crippen LogP contribution in [0.15, 0.2) is 12.4 Å². The molecule has 22 heavy (non-hydrogen) atoms. The third-order valence-electron chi connectivity index (χ3n) is 4.74. The number of hydrogen-bond donors (Lipinski definition) is 1. The second-order valence-corrected chi connectivity index (χ2v) is 5.99. The van der Waals surface area contributed by atoms with E-state index < -0.39 is 11.9 Å². The van der Waals surface area contributed by atoms with Crippen molar-refractivity contribution < 1.29 is 13.2 Å². The fraction of sp³-hybridized carbons (Fsp3) is 0.714. The summed E-state index contributed by atoms with van der Waals surface area (Å²) in [6, 6.07) is 0.